The molecule has 0 fully saturated rings. The van der Waals surface area contributed by atoms with Crippen molar-refractivity contribution in [2.45, 2.75) is 85.8 Å². The van der Waals surface area contributed by atoms with Crippen LogP contribution in [0.1, 0.15) is 57.5 Å². The minimum absolute atomic E-state index is 0.000549. The van der Waals surface area contributed by atoms with Crippen molar-refractivity contribution in [3.63, 3.8) is 0 Å². The fourth-order valence-electron chi connectivity index (χ4n) is 3.75. The van der Waals surface area contributed by atoms with Crippen LogP contribution in [-0.2, 0) is 27.9 Å². The highest BCUT2D eigenvalue weighted by Crippen LogP contribution is 2.43. The second kappa shape index (κ2) is 12.5. The summed E-state index contributed by atoms with van der Waals surface area (Å²) in [6.45, 7) is 16.3. The Labute approximate surface area is 257 Å². The first-order valence-corrected chi connectivity index (χ1v) is 19.9. The Morgan fingerprint density at radius 2 is 1.68 bits per heavy atom. The zero-order chi connectivity index (χ0) is 31.0. The minimum atomic E-state index is -3.86. The lowest BCUT2D eigenvalue weighted by Gasteiger charge is -2.35. The number of hydrogen-bond acceptors (Lipinski definition) is 7. The van der Waals surface area contributed by atoms with E-state index in [9.17, 15) is 17.8 Å². The number of primary sulfonamides is 1. The second-order valence-corrected chi connectivity index (χ2v) is 22.6. The third-order valence-corrected chi connectivity index (χ3v) is 16.5. The molecule has 0 amide bonds. The van der Waals surface area contributed by atoms with Crippen LogP contribution in [0, 0.1) is 0 Å². The molecule has 1 unspecified atom stereocenters. The molecule has 0 aliphatic carbocycles. The fraction of sp³-hybridized carbons (Fsp3) is 0.379. The van der Waals surface area contributed by atoms with Crippen molar-refractivity contribution in [1.82, 2.24) is 9.71 Å². The van der Waals surface area contributed by atoms with Gasteiger partial charge in [0.25, 0.3) is 0 Å². The van der Waals surface area contributed by atoms with Crippen LogP contribution in [0.25, 0.3) is 11.1 Å². The van der Waals surface area contributed by atoms with Crippen molar-refractivity contribution in [2.75, 3.05) is 0 Å². The van der Waals surface area contributed by atoms with Crippen molar-refractivity contribution in [1.29, 1.82) is 0 Å². The number of halogens is 1. The van der Waals surface area contributed by atoms with Gasteiger partial charge in [0.15, 0.2) is 0 Å². The topological polar surface area (TPSA) is 125 Å². The monoisotopic (exact) mass is 651 g/mol. The minimum Gasteiger partial charge on any atom is -0.598 e. The molecule has 2 aromatic carbocycles. The molecule has 3 rings (SSSR count). The number of pyridine rings is 1. The third-order valence-electron chi connectivity index (χ3n) is 7.30. The van der Waals surface area contributed by atoms with Crippen molar-refractivity contribution in [3.8, 4) is 11.1 Å². The number of rotatable bonds is 9. The Bertz CT molecular complexity index is 1530. The number of sulfonamides is 1. The first-order chi connectivity index (χ1) is 18.7. The molecule has 0 aliphatic rings. The Hall–Kier alpha value is -1.70. The first-order valence-electron chi connectivity index (χ1n) is 13.0. The highest BCUT2D eigenvalue weighted by molar-refractivity contribution is 7.99. The average Bonchev–Trinajstić information content (AvgIpc) is 2.87. The lowest BCUT2D eigenvalue weighted by atomic mass is 9.99. The molecule has 0 aliphatic heterocycles. The van der Waals surface area contributed by atoms with Crippen molar-refractivity contribution in [3.05, 3.63) is 70.9 Å². The van der Waals surface area contributed by atoms with E-state index in [1.54, 1.807) is 30.5 Å². The maximum atomic E-state index is 13.9. The van der Waals surface area contributed by atoms with E-state index < -0.39 is 34.2 Å². The van der Waals surface area contributed by atoms with Gasteiger partial charge in [-0.1, -0.05) is 75.4 Å². The fourth-order valence-corrected chi connectivity index (χ4v) is 7.96. The van der Waals surface area contributed by atoms with Gasteiger partial charge in [0.2, 0.25) is 10.0 Å². The van der Waals surface area contributed by atoms with Gasteiger partial charge in [-0.3, -0.25) is 4.79 Å². The van der Waals surface area contributed by atoms with Crippen molar-refractivity contribution in [2.24, 2.45) is 5.14 Å². The molecule has 41 heavy (non-hydrogen) atoms. The van der Waals surface area contributed by atoms with Crippen LogP contribution in [0.5, 0.6) is 0 Å². The standard InChI is InChI=1S/C29H38ClN3O4S3Si/c1-28(2,3)39(35)33-18-23-21(19-11-13-20(14-12-19)40(31,36)37)15-16-24(30)25(23)38-26-22(10-9-17-32-26)27(34)41(7,8)29(4,5)6/h9-17,33H,18H2,1-8H3,(H2,31,36,37). The maximum absolute atomic E-state index is 13.9. The molecule has 0 saturated carbocycles. The summed E-state index contributed by atoms with van der Waals surface area (Å²) in [7, 11) is -6.25. The van der Waals surface area contributed by atoms with Crippen LogP contribution < -0.4 is 9.86 Å². The normalized spacial score (nSPS) is 13.7. The van der Waals surface area contributed by atoms with Crippen LogP contribution in [0.2, 0.25) is 23.2 Å². The smallest absolute Gasteiger partial charge is 0.238 e. The van der Waals surface area contributed by atoms with Crippen LogP contribution in [0.4, 0.5) is 0 Å². The lowest BCUT2D eigenvalue weighted by Crippen LogP contribution is -2.46. The summed E-state index contributed by atoms with van der Waals surface area (Å²) >= 11 is 6.73. The summed E-state index contributed by atoms with van der Waals surface area (Å²) in [5, 5.41) is 6.25. The zero-order valence-corrected chi connectivity index (χ0v) is 28.9. The molecule has 0 bridgehead atoms. The van der Waals surface area contributed by atoms with Gasteiger partial charge in [0, 0.05) is 28.0 Å². The molecule has 7 nitrogen and oxygen atoms in total. The Morgan fingerprint density at radius 1 is 1.07 bits per heavy atom. The van der Waals surface area contributed by atoms with Gasteiger partial charge in [-0.25, -0.2) is 18.5 Å². The molecule has 1 heterocycles. The second-order valence-electron chi connectivity index (χ2n) is 12.3. The number of nitrogens with zero attached hydrogens (tertiary/aromatic N) is 1. The number of benzene rings is 2. The van der Waals surface area contributed by atoms with Crippen LogP contribution in [0.3, 0.4) is 0 Å². The summed E-state index contributed by atoms with van der Waals surface area (Å²) in [5.74, 6) is 0. The number of nitrogens with one attached hydrogen (secondary N) is 1. The maximum Gasteiger partial charge on any atom is 0.238 e. The Kier molecular flexibility index (Phi) is 10.3. The van der Waals surface area contributed by atoms with Crippen molar-refractivity contribution >= 4 is 58.2 Å². The number of hydrogen-bond donors (Lipinski definition) is 2. The predicted molar refractivity (Wildman–Crippen MR) is 173 cm³/mol. The summed E-state index contributed by atoms with van der Waals surface area (Å²) in [6.07, 6.45) is 1.65. The van der Waals surface area contributed by atoms with E-state index in [1.807, 2.05) is 32.9 Å². The van der Waals surface area contributed by atoms with E-state index in [-0.39, 0.29) is 21.9 Å². The van der Waals surface area contributed by atoms with Crippen molar-refractivity contribution < 1.29 is 17.8 Å². The van der Waals surface area contributed by atoms with Gasteiger partial charge in [0.05, 0.1) is 16.5 Å². The van der Waals surface area contributed by atoms with Gasteiger partial charge >= 0.3 is 0 Å². The number of carbonyl (C=O) groups is 1. The molecule has 12 heteroatoms. The Balaban J connectivity index is 2.18. The molecule has 3 N–H and O–H groups in total. The van der Waals surface area contributed by atoms with Gasteiger partial charge < -0.3 is 4.55 Å². The molecule has 0 spiro atoms. The SMILES string of the molecule is CC(C)(C)[S+]([O-])NCc1c(-c2ccc(S(N)(=O)=O)cc2)ccc(Cl)c1Sc1ncccc1C(=O)[Si](C)(C)C(C)(C)C. The number of carbonyl (C=O) groups excluding carboxylic acids is 1. The quantitative estimate of drug-likeness (QED) is 0.189. The van der Waals surface area contributed by atoms with E-state index in [1.165, 1.54) is 23.9 Å². The Morgan fingerprint density at radius 3 is 2.22 bits per heavy atom. The van der Waals surface area contributed by atoms with E-state index >= 15 is 0 Å². The highest BCUT2D eigenvalue weighted by Gasteiger charge is 2.43. The van der Waals surface area contributed by atoms with E-state index in [0.29, 0.717) is 20.5 Å². The predicted octanol–water partition coefficient (Wildman–Crippen LogP) is 6.98. The number of aromatic nitrogens is 1. The molecular formula is C29H38ClN3O4S3Si. The van der Waals surface area contributed by atoms with Crippen LogP contribution in [-0.4, -0.2) is 36.2 Å². The van der Waals surface area contributed by atoms with Crippen LogP contribution >= 0.6 is 23.4 Å². The molecule has 222 valence electrons. The molecule has 1 aromatic heterocycles. The van der Waals surface area contributed by atoms with Gasteiger partial charge in [-0.2, -0.15) is 0 Å². The molecule has 0 saturated heterocycles. The van der Waals surface area contributed by atoms with Crippen LogP contribution in [0.15, 0.2) is 69.5 Å². The molecular weight excluding hydrogens is 614 g/mol. The van der Waals surface area contributed by atoms with E-state index in [4.69, 9.17) is 16.7 Å². The summed E-state index contributed by atoms with van der Waals surface area (Å²) in [5.41, 5.74) is 2.80. The zero-order valence-electron chi connectivity index (χ0n) is 24.7. The summed E-state index contributed by atoms with van der Waals surface area (Å²) in [6, 6.07) is 13.4. The first kappa shape index (κ1) is 33.8. The summed E-state index contributed by atoms with van der Waals surface area (Å²) < 4.78 is 39.2. The number of nitrogens with two attached hydrogens (primary N) is 1. The van der Waals surface area contributed by atoms with Gasteiger partial charge in [-0.05, 0) is 72.8 Å². The molecule has 0 radical (unpaired) electrons. The van der Waals surface area contributed by atoms with E-state index in [2.05, 4.69) is 43.6 Å². The largest absolute Gasteiger partial charge is 0.598 e. The van der Waals surface area contributed by atoms with E-state index in [0.717, 1.165) is 16.7 Å². The lowest BCUT2D eigenvalue weighted by molar-refractivity contribution is 0.106. The van der Waals surface area contributed by atoms with Gasteiger partial charge in [-0.15, -0.1) is 4.72 Å². The molecule has 1 atom stereocenters. The highest BCUT2D eigenvalue weighted by atomic mass is 35.5. The molecule has 3 aromatic rings. The summed E-state index contributed by atoms with van der Waals surface area (Å²) in [4.78, 5) is 19.1. The van der Waals surface area contributed by atoms with Gasteiger partial charge in [0.1, 0.15) is 23.3 Å². The third kappa shape index (κ3) is 7.83. The average molecular weight is 652 g/mol.